The predicted molar refractivity (Wildman–Crippen MR) is 76.3 cm³/mol. The maximum atomic E-state index is 12.3. The van der Waals surface area contributed by atoms with Gasteiger partial charge in [0.1, 0.15) is 0 Å². The summed E-state index contributed by atoms with van der Waals surface area (Å²) >= 11 is 3.06. The first-order valence-corrected chi connectivity index (χ1v) is 8.10. The highest BCUT2D eigenvalue weighted by Gasteiger charge is 2.17. The molecule has 0 unspecified atom stereocenters. The van der Waals surface area contributed by atoms with E-state index in [1.165, 1.54) is 18.5 Å². The summed E-state index contributed by atoms with van der Waals surface area (Å²) < 4.78 is 25.7. The van der Waals surface area contributed by atoms with Gasteiger partial charge < -0.3 is 0 Å². The molecular formula is C13H12BrNO3S. The van der Waals surface area contributed by atoms with E-state index in [2.05, 4.69) is 15.9 Å². The number of aromatic nitrogens is 1. The lowest BCUT2D eigenvalue weighted by Crippen LogP contribution is -2.11. The van der Waals surface area contributed by atoms with Gasteiger partial charge in [-0.2, -0.15) is 0 Å². The van der Waals surface area contributed by atoms with E-state index in [0.717, 1.165) is 9.54 Å². The highest BCUT2D eigenvalue weighted by molar-refractivity contribution is 9.09. The Balaban J connectivity index is 2.42. The van der Waals surface area contributed by atoms with Crippen LogP contribution in [0.2, 0.25) is 0 Å². The van der Waals surface area contributed by atoms with Crippen molar-refractivity contribution in [3.05, 3.63) is 53.9 Å². The number of hydrogen-bond acceptors (Lipinski definition) is 3. The molecule has 0 bridgehead atoms. The number of rotatable bonds is 4. The molecule has 0 aliphatic rings. The summed E-state index contributed by atoms with van der Waals surface area (Å²) in [4.78, 5) is 11.7. The fraction of sp³-hybridized carbons (Fsp3) is 0.154. The van der Waals surface area contributed by atoms with Gasteiger partial charge >= 0.3 is 0 Å². The van der Waals surface area contributed by atoms with Crippen molar-refractivity contribution in [2.75, 3.05) is 5.33 Å². The van der Waals surface area contributed by atoms with Crippen LogP contribution in [0.15, 0.2) is 47.6 Å². The highest BCUT2D eigenvalue weighted by Crippen LogP contribution is 2.16. The number of halogens is 1. The topological polar surface area (TPSA) is 56.1 Å². The summed E-state index contributed by atoms with van der Waals surface area (Å²) in [6.45, 7) is 1.89. The van der Waals surface area contributed by atoms with E-state index in [0.29, 0.717) is 5.56 Å². The number of ketones is 1. The summed E-state index contributed by atoms with van der Waals surface area (Å²) in [6, 6.07) is 8.07. The van der Waals surface area contributed by atoms with Crippen LogP contribution in [-0.4, -0.2) is 23.5 Å². The van der Waals surface area contributed by atoms with Gasteiger partial charge in [-0.15, -0.1) is 0 Å². The second-order valence-electron chi connectivity index (χ2n) is 4.10. The Morgan fingerprint density at radius 1 is 1.21 bits per heavy atom. The Labute approximate surface area is 120 Å². The van der Waals surface area contributed by atoms with Gasteiger partial charge in [-0.25, -0.2) is 12.4 Å². The Hall–Kier alpha value is -1.40. The lowest BCUT2D eigenvalue weighted by molar-refractivity contribution is 0.102. The first-order valence-electron chi connectivity index (χ1n) is 5.54. The molecule has 0 saturated carbocycles. The molecule has 0 aliphatic heterocycles. The standard InChI is InChI=1S/C13H12BrNO3S/c1-10-2-4-12(5-3-10)19(17,18)15-7-6-11(9-15)13(16)8-14/h2-7,9H,8H2,1H3. The van der Waals surface area contributed by atoms with Gasteiger partial charge in [0.15, 0.2) is 5.78 Å². The second kappa shape index (κ2) is 5.30. The van der Waals surface area contributed by atoms with E-state index in [9.17, 15) is 13.2 Å². The Bertz CT molecular complexity index is 702. The number of carbonyl (C=O) groups is 1. The van der Waals surface area contributed by atoms with Crippen molar-refractivity contribution in [2.45, 2.75) is 11.8 Å². The predicted octanol–water partition coefficient (Wildman–Crippen LogP) is 2.61. The SMILES string of the molecule is Cc1ccc(S(=O)(=O)n2ccc(C(=O)CBr)c2)cc1. The van der Waals surface area contributed by atoms with Crippen molar-refractivity contribution in [3.8, 4) is 0 Å². The van der Waals surface area contributed by atoms with Crippen LogP contribution in [0, 0.1) is 6.92 Å². The minimum atomic E-state index is -3.63. The summed E-state index contributed by atoms with van der Waals surface area (Å²) in [5.41, 5.74) is 1.36. The molecule has 2 rings (SSSR count). The van der Waals surface area contributed by atoms with Crippen molar-refractivity contribution in [2.24, 2.45) is 0 Å². The number of aryl methyl sites for hydroxylation is 1. The third kappa shape index (κ3) is 2.79. The van der Waals surface area contributed by atoms with Gasteiger partial charge in [-0.05, 0) is 25.1 Å². The molecule has 4 nitrogen and oxygen atoms in total. The van der Waals surface area contributed by atoms with E-state index < -0.39 is 10.0 Å². The van der Waals surface area contributed by atoms with Gasteiger partial charge in [0.25, 0.3) is 10.0 Å². The summed E-state index contributed by atoms with van der Waals surface area (Å²) in [5.74, 6) is -0.155. The number of Topliss-reactive ketones (excluding diaryl/α,β-unsaturated/α-hetero) is 1. The average Bonchev–Trinajstić information content (AvgIpc) is 2.88. The zero-order valence-corrected chi connectivity index (χ0v) is 12.6. The Kier molecular flexibility index (Phi) is 3.91. The summed E-state index contributed by atoms with van der Waals surface area (Å²) in [6.07, 6.45) is 2.71. The number of nitrogens with zero attached hydrogens (tertiary/aromatic N) is 1. The molecule has 0 N–H and O–H groups in total. The fourth-order valence-corrected chi connectivity index (χ4v) is 3.12. The third-order valence-corrected chi connectivity index (χ3v) is 4.87. The molecule has 0 fully saturated rings. The number of hydrogen-bond donors (Lipinski definition) is 0. The van der Waals surface area contributed by atoms with E-state index >= 15 is 0 Å². The molecule has 1 aromatic carbocycles. The molecule has 0 atom stereocenters. The van der Waals surface area contributed by atoms with Gasteiger partial charge in [0, 0.05) is 18.0 Å². The number of alkyl halides is 1. The molecule has 1 aromatic heterocycles. The number of benzene rings is 1. The van der Waals surface area contributed by atoms with Gasteiger partial charge in [0.05, 0.1) is 10.2 Å². The zero-order chi connectivity index (χ0) is 14.0. The quantitative estimate of drug-likeness (QED) is 0.634. The van der Waals surface area contributed by atoms with Crippen LogP contribution >= 0.6 is 15.9 Å². The van der Waals surface area contributed by atoms with Gasteiger partial charge in [-0.1, -0.05) is 33.6 Å². The number of carbonyl (C=O) groups excluding carboxylic acids is 1. The maximum absolute atomic E-state index is 12.3. The van der Waals surface area contributed by atoms with Crippen molar-refractivity contribution in [1.82, 2.24) is 3.97 Å². The molecule has 0 amide bonds. The monoisotopic (exact) mass is 341 g/mol. The van der Waals surface area contributed by atoms with Crippen LogP contribution in [0.3, 0.4) is 0 Å². The molecule has 6 heteroatoms. The minimum absolute atomic E-state index is 0.155. The van der Waals surface area contributed by atoms with Crippen molar-refractivity contribution in [3.63, 3.8) is 0 Å². The maximum Gasteiger partial charge on any atom is 0.267 e. The Morgan fingerprint density at radius 2 is 1.84 bits per heavy atom. The van der Waals surface area contributed by atoms with Crippen molar-refractivity contribution >= 4 is 31.7 Å². The smallest absolute Gasteiger partial charge is 0.267 e. The van der Waals surface area contributed by atoms with Crippen LogP contribution in [0.5, 0.6) is 0 Å². The third-order valence-electron chi connectivity index (χ3n) is 2.71. The van der Waals surface area contributed by atoms with E-state index in [-0.39, 0.29) is 16.0 Å². The van der Waals surface area contributed by atoms with Gasteiger partial charge in [0.2, 0.25) is 0 Å². The molecule has 0 saturated heterocycles. The molecule has 0 radical (unpaired) electrons. The molecule has 19 heavy (non-hydrogen) atoms. The van der Waals surface area contributed by atoms with Crippen LogP contribution in [0.25, 0.3) is 0 Å². The largest absolute Gasteiger partial charge is 0.293 e. The molecule has 0 spiro atoms. The van der Waals surface area contributed by atoms with Crippen molar-refractivity contribution in [1.29, 1.82) is 0 Å². The fourth-order valence-electron chi connectivity index (χ4n) is 1.60. The first kappa shape index (κ1) is 14.0. The normalized spacial score (nSPS) is 11.5. The zero-order valence-electron chi connectivity index (χ0n) is 10.2. The summed E-state index contributed by atoms with van der Waals surface area (Å²) in [7, 11) is -3.63. The van der Waals surface area contributed by atoms with Crippen molar-refractivity contribution < 1.29 is 13.2 Å². The van der Waals surface area contributed by atoms with E-state index in [1.54, 1.807) is 24.3 Å². The van der Waals surface area contributed by atoms with E-state index in [1.807, 2.05) is 6.92 Å². The van der Waals surface area contributed by atoms with Crippen LogP contribution in [-0.2, 0) is 10.0 Å². The second-order valence-corrected chi connectivity index (χ2v) is 6.51. The lowest BCUT2D eigenvalue weighted by Gasteiger charge is -2.05. The molecule has 1 heterocycles. The molecular weight excluding hydrogens is 330 g/mol. The minimum Gasteiger partial charge on any atom is -0.293 e. The summed E-state index contributed by atoms with van der Waals surface area (Å²) in [5, 5.41) is 0.168. The average molecular weight is 342 g/mol. The van der Waals surface area contributed by atoms with Crippen LogP contribution in [0.1, 0.15) is 15.9 Å². The lowest BCUT2D eigenvalue weighted by atomic mass is 10.2. The van der Waals surface area contributed by atoms with E-state index in [4.69, 9.17) is 0 Å². The molecule has 100 valence electrons. The van der Waals surface area contributed by atoms with Crippen LogP contribution < -0.4 is 0 Å². The highest BCUT2D eigenvalue weighted by atomic mass is 79.9. The van der Waals surface area contributed by atoms with Crippen LogP contribution in [0.4, 0.5) is 0 Å². The first-order chi connectivity index (χ1) is 8.95. The molecule has 0 aliphatic carbocycles. The van der Waals surface area contributed by atoms with Gasteiger partial charge in [-0.3, -0.25) is 4.79 Å². The Morgan fingerprint density at radius 3 is 2.42 bits per heavy atom. The molecule has 2 aromatic rings.